The van der Waals surface area contributed by atoms with Crippen LogP contribution >= 0.6 is 0 Å². The summed E-state index contributed by atoms with van der Waals surface area (Å²) in [6.45, 7) is 7.34. The molecule has 37 heavy (non-hydrogen) atoms. The summed E-state index contributed by atoms with van der Waals surface area (Å²) >= 11 is 0. The molecule has 4 rings (SSSR count). The molecular formula is C28H35N7O2. The second kappa shape index (κ2) is 10.9. The first-order chi connectivity index (χ1) is 17.7. The van der Waals surface area contributed by atoms with E-state index in [1.165, 1.54) is 0 Å². The maximum Gasteiger partial charge on any atom is 0.265 e. The van der Waals surface area contributed by atoms with Gasteiger partial charge >= 0.3 is 0 Å². The van der Waals surface area contributed by atoms with Crippen molar-refractivity contribution in [3.63, 3.8) is 0 Å². The molecule has 0 spiro atoms. The first kappa shape index (κ1) is 26.1. The van der Waals surface area contributed by atoms with Crippen molar-refractivity contribution < 1.29 is 9.59 Å². The van der Waals surface area contributed by atoms with Crippen LogP contribution in [-0.2, 0) is 6.54 Å². The number of guanidine groups is 1. The minimum absolute atomic E-state index is 0.0204. The van der Waals surface area contributed by atoms with E-state index in [0.717, 1.165) is 42.1 Å². The van der Waals surface area contributed by atoms with Gasteiger partial charge in [-0.05, 0) is 72.9 Å². The average molecular weight is 502 g/mol. The maximum atomic E-state index is 14.0. The number of carbonyl (C=O) groups is 2. The molecule has 0 atom stereocenters. The lowest BCUT2D eigenvalue weighted by molar-refractivity contribution is 0.0532. The zero-order valence-electron chi connectivity index (χ0n) is 21.6. The Morgan fingerprint density at radius 3 is 2.41 bits per heavy atom. The molecule has 0 saturated heterocycles. The molecule has 1 heterocycles. The Morgan fingerprint density at radius 2 is 1.78 bits per heavy atom. The summed E-state index contributed by atoms with van der Waals surface area (Å²) in [5, 5.41) is 9.62. The summed E-state index contributed by atoms with van der Waals surface area (Å²) in [6.07, 6.45) is 5.98. The van der Waals surface area contributed by atoms with Crippen molar-refractivity contribution in [1.29, 1.82) is 5.53 Å². The molecule has 0 bridgehead atoms. The summed E-state index contributed by atoms with van der Waals surface area (Å²) in [5.41, 5.74) is 10.2. The minimum atomic E-state index is -0.459. The Balaban J connectivity index is 1.58. The van der Waals surface area contributed by atoms with Crippen molar-refractivity contribution in [2.24, 2.45) is 27.4 Å². The van der Waals surface area contributed by atoms with Crippen molar-refractivity contribution in [1.82, 2.24) is 15.2 Å². The molecule has 1 fully saturated rings. The number of hydrogen-bond donors (Lipinski definition) is 4. The molecule has 1 aliphatic rings. The zero-order valence-corrected chi connectivity index (χ0v) is 21.6. The topological polar surface area (TPSA) is 140 Å². The summed E-state index contributed by atoms with van der Waals surface area (Å²) < 4.78 is 0. The van der Waals surface area contributed by atoms with Crippen molar-refractivity contribution in [3.05, 3.63) is 71.4 Å². The number of H-pyrrole nitrogens is 1. The molecule has 0 aliphatic heterocycles. The minimum Gasteiger partial charge on any atom is -0.361 e. The fraction of sp³-hybridized carbons (Fsp3) is 0.393. The van der Waals surface area contributed by atoms with Crippen molar-refractivity contribution in [2.45, 2.75) is 59.0 Å². The lowest BCUT2D eigenvalue weighted by Gasteiger charge is -2.41. The van der Waals surface area contributed by atoms with E-state index < -0.39 is 5.91 Å². The van der Waals surface area contributed by atoms with Gasteiger partial charge in [-0.1, -0.05) is 39.0 Å². The van der Waals surface area contributed by atoms with Gasteiger partial charge in [0.1, 0.15) is 0 Å². The molecule has 5 N–H and O–H groups in total. The molecule has 3 aromatic rings. The van der Waals surface area contributed by atoms with Crippen LogP contribution in [-0.4, -0.2) is 33.7 Å². The number of nitrogens with one attached hydrogen (secondary N) is 3. The first-order valence-corrected chi connectivity index (χ1v) is 12.6. The number of amides is 2. The van der Waals surface area contributed by atoms with Crippen LogP contribution in [0.5, 0.6) is 0 Å². The van der Waals surface area contributed by atoms with Crippen LogP contribution in [0.4, 0.5) is 0 Å². The van der Waals surface area contributed by atoms with E-state index >= 15 is 0 Å². The quantitative estimate of drug-likeness (QED) is 0.122. The van der Waals surface area contributed by atoms with Crippen molar-refractivity contribution in [2.75, 3.05) is 0 Å². The number of carbonyl (C=O) groups excluding carboxylic acids is 2. The number of rotatable bonds is 5. The second-order valence-corrected chi connectivity index (χ2v) is 10.8. The fourth-order valence-electron chi connectivity index (χ4n) is 5.27. The molecule has 9 heteroatoms. The SMILES string of the molecule is CC(C)(C)C1CCC(N(Cc2ccc(C(=O)N/C(N=N)=N/N)cc2)C(=O)c2cccc3[nH]ccc23)CC1. The Kier molecular flexibility index (Phi) is 7.71. The van der Waals surface area contributed by atoms with Crippen LogP contribution in [0.25, 0.3) is 10.9 Å². The third kappa shape index (κ3) is 5.87. The predicted molar refractivity (Wildman–Crippen MR) is 144 cm³/mol. The van der Waals surface area contributed by atoms with Gasteiger partial charge in [-0.3, -0.25) is 14.9 Å². The van der Waals surface area contributed by atoms with E-state index in [4.69, 9.17) is 11.4 Å². The first-order valence-electron chi connectivity index (χ1n) is 12.6. The second-order valence-electron chi connectivity index (χ2n) is 10.8. The number of fused-ring (bicyclic) bond motifs is 1. The number of nitrogens with two attached hydrogens (primary N) is 1. The van der Waals surface area contributed by atoms with E-state index in [9.17, 15) is 9.59 Å². The normalized spacial score (nSPS) is 18.4. The van der Waals surface area contributed by atoms with Gasteiger partial charge in [0.15, 0.2) is 0 Å². The Labute approximate surface area is 217 Å². The number of hydrazone groups is 1. The highest BCUT2D eigenvalue weighted by Crippen LogP contribution is 2.39. The smallest absolute Gasteiger partial charge is 0.265 e. The Morgan fingerprint density at radius 1 is 1.08 bits per heavy atom. The van der Waals surface area contributed by atoms with E-state index in [0.29, 0.717) is 23.6 Å². The molecular weight excluding hydrogens is 466 g/mol. The number of nitrogens with zero attached hydrogens (tertiary/aromatic N) is 3. The summed E-state index contributed by atoms with van der Waals surface area (Å²) in [4.78, 5) is 31.6. The highest BCUT2D eigenvalue weighted by atomic mass is 16.2. The highest BCUT2D eigenvalue weighted by molar-refractivity contribution is 6.07. The third-order valence-corrected chi connectivity index (χ3v) is 7.47. The van der Waals surface area contributed by atoms with Gasteiger partial charge in [0.2, 0.25) is 0 Å². The third-order valence-electron chi connectivity index (χ3n) is 7.47. The molecule has 0 radical (unpaired) electrons. The molecule has 1 saturated carbocycles. The number of aromatic nitrogens is 1. The molecule has 0 unspecified atom stereocenters. The van der Waals surface area contributed by atoms with E-state index in [1.807, 2.05) is 47.5 Å². The van der Waals surface area contributed by atoms with Crippen LogP contribution in [0, 0.1) is 16.9 Å². The largest absolute Gasteiger partial charge is 0.361 e. The maximum absolute atomic E-state index is 14.0. The molecule has 9 nitrogen and oxygen atoms in total. The van der Waals surface area contributed by atoms with Gasteiger partial charge in [0.25, 0.3) is 17.8 Å². The Hall–Kier alpha value is -4.01. The highest BCUT2D eigenvalue weighted by Gasteiger charge is 2.34. The van der Waals surface area contributed by atoms with Crippen LogP contribution in [0.1, 0.15) is 72.7 Å². The van der Waals surface area contributed by atoms with Gasteiger partial charge in [-0.25, -0.2) is 5.53 Å². The van der Waals surface area contributed by atoms with Crippen LogP contribution in [0.2, 0.25) is 0 Å². The van der Waals surface area contributed by atoms with E-state index in [-0.39, 0.29) is 23.3 Å². The number of benzene rings is 2. The Bertz CT molecular complexity index is 1300. The zero-order chi connectivity index (χ0) is 26.6. The average Bonchev–Trinajstić information content (AvgIpc) is 3.39. The summed E-state index contributed by atoms with van der Waals surface area (Å²) in [6, 6.07) is 15.0. The van der Waals surface area contributed by atoms with Crippen molar-refractivity contribution in [3.8, 4) is 0 Å². The van der Waals surface area contributed by atoms with E-state index in [2.05, 4.69) is 41.3 Å². The van der Waals surface area contributed by atoms with Gasteiger partial charge in [0.05, 0.1) is 0 Å². The molecule has 194 valence electrons. The van der Waals surface area contributed by atoms with Crippen LogP contribution in [0.15, 0.2) is 64.9 Å². The molecule has 2 aromatic carbocycles. The van der Waals surface area contributed by atoms with Gasteiger partial charge in [0, 0.05) is 40.8 Å². The van der Waals surface area contributed by atoms with Gasteiger partial charge in [-0.2, -0.15) is 0 Å². The lowest BCUT2D eigenvalue weighted by Crippen LogP contribution is -2.43. The van der Waals surface area contributed by atoms with Gasteiger partial charge in [-0.15, -0.1) is 10.2 Å². The summed E-state index contributed by atoms with van der Waals surface area (Å²) in [7, 11) is 0. The lowest BCUT2D eigenvalue weighted by atomic mass is 9.71. The van der Waals surface area contributed by atoms with Gasteiger partial charge < -0.3 is 15.7 Å². The summed E-state index contributed by atoms with van der Waals surface area (Å²) in [5.74, 6) is 5.05. The number of hydrogen-bond acceptors (Lipinski definition) is 5. The standard InChI is InChI=1S/C28H35N7O2/c1-28(2,3)20-11-13-21(14-12-20)35(26(37)23-5-4-6-24-22(23)15-16-31-24)17-18-7-9-19(10-8-18)25(36)32-27(33-29)34-30/h4-10,15-16,20-21,29,31H,11-14,17,30H2,1-3H3,(H,32,34,36). The van der Waals surface area contributed by atoms with Crippen molar-refractivity contribution >= 4 is 28.7 Å². The van der Waals surface area contributed by atoms with E-state index in [1.54, 1.807) is 12.1 Å². The monoisotopic (exact) mass is 501 g/mol. The van der Waals surface area contributed by atoms with Crippen LogP contribution < -0.4 is 11.2 Å². The fourth-order valence-corrected chi connectivity index (χ4v) is 5.27. The predicted octanol–water partition coefficient (Wildman–Crippen LogP) is 5.41. The number of aromatic amines is 1. The molecule has 2 amide bonds. The van der Waals surface area contributed by atoms with Crippen LogP contribution in [0.3, 0.4) is 0 Å². The molecule has 1 aromatic heterocycles. The molecule has 1 aliphatic carbocycles.